The van der Waals surface area contributed by atoms with Crippen LogP contribution >= 0.6 is 38.9 Å². The van der Waals surface area contributed by atoms with E-state index in [1.807, 2.05) is 12.1 Å². The molecule has 1 unspecified atom stereocenters. The van der Waals surface area contributed by atoms with Crippen LogP contribution in [0.1, 0.15) is 23.4 Å². The predicted octanol–water partition coefficient (Wildman–Crippen LogP) is 5.06. The third kappa shape index (κ3) is 3.58. The maximum Gasteiger partial charge on any atom is 0.0931 e. The van der Waals surface area contributed by atoms with E-state index in [0.717, 1.165) is 21.8 Å². The van der Waals surface area contributed by atoms with Crippen LogP contribution < -0.4 is 5.32 Å². The molecule has 0 amide bonds. The van der Waals surface area contributed by atoms with Gasteiger partial charge < -0.3 is 5.32 Å². The first kappa shape index (κ1) is 14.1. The maximum atomic E-state index is 5.99. The lowest BCUT2D eigenvalue weighted by atomic mass is 10.0. The molecule has 1 aromatic carbocycles. The molecule has 0 fully saturated rings. The van der Waals surface area contributed by atoms with Crippen molar-refractivity contribution in [1.82, 2.24) is 5.32 Å². The van der Waals surface area contributed by atoms with Crippen molar-refractivity contribution < 1.29 is 0 Å². The molecule has 1 atom stereocenters. The Labute approximate surface area is 125 Å². The highest BCUT2D eigenvalue weighted by Crippen LogP contribution is 2.29. The highest BCUT2D eigenvalue weighted by Gasteiger charge is 2.14. The van der Waals surface area contributed by atoms with E-state index in [9.17, 15) is 0 Å². The lowest BCUT2D eigenvalue weighted by Gasteiger charge is -2.19. The largest absolute Gasteiger partial charge is 0.310 e. The summed E-state index contributed by atoms with van der Waals surface area (Å²) in [6.45, 7) is 3.08. The van der Waals surface area contributed by atoms with Gasteiger partial charge in [-0.1, -0.05) is 52.7 Å². The number of thiophene rings is 1. The minimum atomic E-state index is 0.320. The molecule has 96 valence electrons. The second-order valence-corrected chi connectivity index (χ2v) is 6.70. The van der Waals surface area contributed by atoms with E-state index in [2.05, 4.69) is 52.4 Å². The molecule has 1 heterocycles. The van der Waals surface area contributed by atoms with E-state index in [0.29, 0.717) is 6.04 Å². The average molecular weight is 345 g/mol. The van der Waals surface area contributed by atoms with Gasteiger partial charge in [0.1, 0.15) is 0 Å². The smallest absolute Gasteiger partial charge is 0.0931 e. The first-order valence-electron chi connectivity index (χ1n) is 5.92. The van der Waals surface area contributed by atoms with Crippen LogP contribution in [0.25, 0.3) is 0 Å². The topological polar surface area (TPSA) is 12.0 Å². The molecule has 2 aromatic rings. The molecular formula is C14H15BrClNS. The Morgan fingerprint density at radius 3 is 2.67 bits per heavy atom. The number of benzene rings is 1. The number of nitrogens with one attached hydrogen (secondary N) is 1. The molecule has 0 aliphatic carbocycles. The monoisotopic (exact) mass is 343 g/mol. The quantitative estimate of drug-likeness (QED) is 0.799. The number of rotatable bonds is 5. The van der Waals surface area contributed by atoms with Gasteiger partial charge >= 0.3 is 0 Å². The van der Waals surface area contributed by atoms with Gasteiger partial charge in [0.05, 0.1) is 4.34 Å². The van der Waals surface area contributed by atoms with E-state index in [4.69, 9.17) is 11.6 Å². The summed E-state index contributed by atoms with van der Waals surface area (Å²) >= 11 is 11.3. The van der Waals surface area contributed by atoms with Gasteiger partial charge in [-0.15, -0.1) is 11.3 Å². The summed E-state index contributed by atoms with van der Waals surface area (Å²) in [5, 5.41) is 3.53. The molecule has 0 saturated carbocycles. The van der Waals surface area contributed by atoms with Gasteiger partial charge in [0.2, 0.25) is 0 Å². The van der Waals surface area contributed by atoms with Crippen molar-refractivity contribution in [3.63, 3.8) is 0 Å². The molecule has 0 saturated heterocycles. The lowest BCUT2D eigenvalue weighted by molar-refractivity contribution is 0.551. The fourth-order valence-corrected chi connectivity index (χ4v) is 3.65. The SMILES string of the molecule is CCNC(Cc1ccc(Cl)s1)c1ccccc1Br. The van der Waals surface area contributed by atoms with Crippen LogP contribution in [0.4, 0.5) is 0 Å². The number of hydrogen-bond acceptors (Lipinski definition) is 2. The molecule has 18 heavy (non-hydrogen) atoms. The van der Waals surface area contributed by atoms with E-state index in [-0.39, 0.29) is 0 Å². The summed E-state index contributed by atoms with van der Waals surface area (Å²) in [5.41, 5.74) is 1.30. The Morgan fingerprint density at radius 2 is 2.06 bits per heavy atom. The molecule has 0 radical (unpaired) electrons. The third-order valence-corrected chi connectivity index (χ3v) is 4.74. The van der Waals surface area contributed by atoms with E-state index in [1.54, 1.807) is 11.3 Å². The maximum absolute atomic E-state index is 5.99. The summed E-state index contributed by atoms with van der Waals surface area (Å²) in [6, 6.07) is 12.7. The molecule has 1 aromatic heterocycles. The minimum Gasteiger partial charge on any atom is -0.310 e. The Morgan fingerprint density at radius 1 is 1.28 bits per heavy atom. The number of likely N-dealkylation sites (N-methyl/N-ethyl adjacent to an activating group) is 1. The second kappa shape index (κ2) is 6.71. The molecule has 0 bridgehead atoms. The van der Waals surface area contributed by atoms with Crippen molar-refractivity contribution in [3.8, 4) is 0 Å². The Balaban J connectivity index is 2.20. The van der Waals surface area contributed by atoms with E-state index >= 15 is 0 Å². The molecule has 2 rings (SSSR count). The van der Waals surface area contributed by atoms with Gasteiger partial charge in [0, 0.05) is 21.8 Å². The van der Waals surface area contributed by atoms with Crippen LogP contribution in [0.15, 0.2) is 40.9 Å². The summed E-state index contributed by atoms with van der Waals surface area (Å²) < 4.78 is 2.01. The van der Waals surface area contributed by atoms with Crippen LogP contribution in [0.2, 0.25) is 4.34 Å². The molecule has 0 aliphatic heterocycles. The standard InChI is InChI=1S/C14H15BrClNS/c1-2-17-13(9-10-7-8-14(16)18-10)11-5-3-4-6-12(11)15/h3-8,13,17H,2,9H2,1H3. The molecule has 1 nitrogen and oxygen atoms in total. The van der Waals surface area contributed by atoms with Crippen molar-refractivity contribution in [2.24, 2.45) is 0 Å². The molecule has 0 spiro atoms. The molecule has 0 aliphatic rings. The minimum absolute atomic E-state index is 0.320. The van der Waals surface area contributed by atoms with Crippen LogP contribution in [-0.4, -0.2) is 6.54 Å². The fraction of sp³-hybridized carbons (Fsp3) is 0.286. The summed E-state index contributed by atoms with van der Waals surface area (Å²) in [7, 11) is 0. The third-order valence-electron chi connectivity index (χ3n) is 2.77. The van der Waals surface area contributed by atoms with Crippen LogP contribution in [0.5, 0.6) is 0 Å². The van der Waals surface area contributed by atoms with Gasteiger partial charge in [0.25, 0.3) is 0 Å². The van der Waals surface area contributed by atoms with Crippen LogP contribution in [-0.2, 0) is 6.42 Å². The summed E-state index contributed by atoms with van der Waals surface area (Å²) in [6.07, 6.45) is 0.966. The highest BCUT2D eigenvalue weighted by molar-refractivity contribution is 9.10. The van der Waals surface area contributed by atoms with Crippen molar-refractivity contribution in [1.29, 1.82) is 0 Å². The Hall–Kier alpha value is -0.350. The van der Waals surface area contributed by atoms with Crippen LogP contribution in [0, 0.1) is 0 Å². The molecule has 1 N–H and O–H groups in total. The first-order valence-corrected chi connectivity index (χ1v) is 7.91. The van der Waals surface area contributed by atoms with Gasteiger partial charge in [0.15, 0.2) is 0 Å². The van der Waals surface area contributed by atoms with Crippen molar-refractivity contribution >= 4 is 38.9 Å². The lowest BCUT2D eigenvalue weighted by Crippen LogP contribution is -2.23. The predicted molar refractivity (Wildman–Crippen MR) is 83.6 cm³/mol. The summed E-state index contributed by atoms with van der Waals surface area (Å²) in [4.78, 5) is 1.31. The molecular weight excluding hydrogens is 330 g/mol. The Bertz CT molecular complexity index is 512. The van der Waals surface area contributed by atoms with E-state index in [1.165, 1.54) is 10.4 Å². The highest BCUT2D eigenvalue weighted by atomic mass is 79.9. The zero-order chi connectivity index (χ0) is 13.0. The second-order valence-electron chi connectivity index (χ2n) is 4.04. The molecule has 4 heteroatoms. The average Bonchev–Trinajstić information content (AvgIpc) is 2.75. The summed E-state index contributed by atoms with van der Waals surface area (Å²) in [5.74, 6) is 0. The first-order chi connectivity index (χ1) is 8.70. The van der Waals surface area contributed by atoms with E-state index < -0.39 is 0 Å². The fourth-order valence-electron chi connectivity index (χ4n) is 1.96. The van der Waals surface area contributed by atoms with Crippen molar-refractivity contribution in [2.75, 3.05) is 6.54 Å². The zero-order valence-corrected chi connectivity index (χ0v) is 13.3. The van der Waals surface area contributed by atoms with Gasteiger partial charge in [-0.3, -0.25) is 0 Å². The normalized spacial score (nSPS) is 12.6. The van der Waals surface area contributed by atoms with Gasteiger partial charge in [-0.2, -0.15) is 0 Å². The van der Waals surface area contributed by atoms with Crippen molar-refractivity contribution in [3.05, 3.63) is 55.6 Å². The van der Waals surface area contributed by atoms with Crippen LogP contribution in [0.3, 0.4) is 0 Å². The Kier molecular flexibility index (Phi) is 5.25. The van der Waals surface area contributed by atoms with Gasteiger partial charge in [-0.05, 0) is 30.3 Å². The van der Waals surface area contributed by atoms with Gasteiger partial charge in [-0.25, -0.2) is 0 Å². The number of hydrogen-bond donors (Lipinski definition) is 1. The number of halogens is 2. The van der Waals surface area contributed by atoms with Crippen molar-refractivity contribution in [2.45, 2.75) is 19.4 Å². The zero-order valence-electron chi connectivity index (χ0n) is 10.1.